The number of hydrogen-bond donors (Lipinski definition) is 1. The predicted octanol–water partition coefficient (Wildman–Crippen LogP) is 2.92. The van der Waals surface area contributed by atoms with Gasteiger partial charge in [-0.05, 0) is 43.0 Å². The fourth-order valence-corrected chi connectivity index (χ4v) is 1.91. The molecule has 0 aliphatic carbocycles. The molecule has 0 fully saturated rings. The lowest BCUT2D eigenvalue weighted by molar-refractivity contribution is 0.349. The first-order valence-corrected chi connectivity index (χ1v) is 5.34. The molecule has 0 amide bonds. The minimum atomic E-state index is -0.120. The number of nitrogens with one attached hydrogen (secondary N) is 1. The zero-order chi connectivity index (χ0) is 11.5. The molecule has 1 rings (SSSR count). The quantitative estimate of drug-likeness (QED) is 0.804. The van der Waals surface area contributed by atoms with E-state index < -0.39 is 0 Å². The third-order valence-electron chi connectivity index (χ3n) is 2.56. The van der Waals surface area contributed by atoms with Gasteiger partial charge in [-0.3, -0.25) is 0 Å². The predicted molar refractivity (Wildman–Crippen MR) is 62.5 cm³/mol. The molecule has 1 N–H and O–H groups in total. The highest BCUT2D eigenvalue weighted by Gasteiger charge is 2.17. The average molecular weight is 209 g/mol. The Hall–Kier alpha value is -0.890. The van der Waals surface area contributed by atoms with Gasteiger partial charge in [0.05, 0.1) is 0 Å². The average Bonchev–Trinajstić information content (AvgIpc) is 2.10. The van der Waals surface area contributed by atoms with Crippen molar-refractivity contribution >= 4 is 0 Å². The van der Waals surface area contributed by atoms with E-state index in [1.807, 2.05) is 26.1 Å². The maximum atomic E-state index is 13.1. The van der Waals surface area contributed by atoms with Crippen molar-refractivity contribution in [1.82, 2.24) is 5.32 Å². The highest BCUT2D eigenvalue weighted by molar-refractivity contribution is 5.24. The van der Waals surface area contributed by atoms with Gasteiger partial charge >= 0.3 is 0 Å². The molecular formula is C13H20FN. The summed E-state index contributed by atoms with van der Waals surface area (Å²) in [5.74, 6) is -0.120. The zero-order valence-corrected chi connectivity index (χ0v) is 10.0. The van der Waals surface area contributed by atoms with Crippen molar-refractivity contribution in [3.05, 3.63) is 35.1 Å². The van der Waals surface area contributed by atoms with E-state index in [1.54, 1.807) is 6.07 Å². The molecule has 15 heavy (non-hydrogen) atoms. The third kappa shape index (κ3) is 3.63. The Bertz CT molecular complexity index is 331. The van der Waals surface area contributed by atoms with Crippen LogP contribution in [0, 0.1) is 18.2 Å². The molecule has 0 saturated carbocycles. The number of hydrogen-bond acceptors (Lipinski definition) is 1. The van der Waals surface area contributed by atoms with Crippen molar-refractivity contribution in [2.24, 2.45) is 5.41 Å². The first-order valence-electron chi connectivity index (χ1n) is 5.34. The summed E-state index contributed by atoms with van der Waals surface area (Å²) in [5, 5.41) is 3.18. The van der Waals surface area contributed by atoms with Crippen LogP contribution in [0.4, 0.5) is 4.39 Å². The minimum Gasteiger partial charge on any atom is -0.319 e. The summed E-state index contributed by atoms with van der Waals surface area (Å²) < 4.78 is 13.1. The van der Waals surface area contributed by atoms with Crippen LogP contribution in [0.5, 0.6) is 0 Å². The van der Waals surface area contributed by atoms with Gasteiger partial charge in [-0.2, -0.15) is 0 Å². The van der Waals surface area contributed by atoms with Crippen LogP contribution in [0.1, 0.15) is 25.0 Å². The zero-order valence-electron chi connectivity index (χ0n) is 10.0. The summed E-state index contributed by atoms with van der Waals surface area (Å²) >= 11 is 0. The summed E-state index contributed by atoms with van der Waals surface area (Å²) in [5.41, 5.74) is 2.14. The first-order chi connectivity index (χ1) is 6.94. The Morgan fingerprint density at radius 3 is 2.53 bits per heavy atom. The first kappa shape index (κ1) is 12.2. The second-order valence-corrected chi connectivity index (χ2v) is 4.95. The van der Waals surface area contributed by atoms with Gasteiger partial charge in [0.15, 0.2) is 0 Å². The molecule has 0 unspecified atom stereocenters. The van der Waals surface area contributed by atoms with Crippen molar-refractivity contribution in [3.63, 3.8) is 0 Å². The van der Waals surface area contributed by atoms with Crippen LogP contribution in [0.2, 0.25) is 0 Å². The van der Waals surface area contributed by atoms with Gasteiger partial charge in [0.25, 0.3) is 0 Å². The molecule has 0 radical (unpaired) electrons. The normalized spacial score (nSPS) is 11.8. The van der Waals surface area contributed by atoms with E-state index >= 15 is 0 Å². The summed E-state index contributed by atoms with van der Waals surface area (Å²) in [6.45, 7) is 7.19. The van der Waals surface area contributed by atoms with Gasteiger partial charge in [0.2, 0.25) is 0 Å². The standard InChI is InChI=1S/C13H20FN/c1-10-7-11(5-6-12(10)14)8-13(2,3)9-15-4/h5-7,15H,8-9H2,1-4H3. The Balaban J connectivity index is 2.76. The van der Waals surface area contributed by atoms with Gasteiger partial charge in [0.1, 0.15) is 5.82 Å². The fraction of sp³-hybridized carbons (Fsp3) is 0.538. The molecule has 0 spiro atoms. The van der Waals surface area contributed by atoms with Gasteiger partial charge in [-0.25, -0.2) is 4.39 Å². The molecule has 0 aromatic heterocycles. The van der Waals surface area contributed by atoms with Crippen molar-refractivity contribution in [2.45, 2.75) is 27.2 Å². The van der Waals surface area contributed by atoms with E-state index in [1.165, 1.54) is 5.56 Å². The van der Waals surface area contributed by atoms with Crippen molar-refractivity contribution in [2.75, 3.05) is 13.6 Å². The van der Waals surface area contributed by atoms with Crippen LogP contribution in [0.15, 0.2) is 18.2 Å². The maximum Gasteiger partial charge on any atom is 0.126 e. The van der Waals surface area contributed by atoms with Gasteiger partial charge < -0.3 is 5.32 Å². The molecule has 84 valence electrons. The monoisotopic (exact) mass is 209 g/mol. The van der Waals surface area contributed by atoms with Gasteiger partial charge in [-0.15, -0.1) is 0 Å². The lowest BCUT2D eigenvalue weighted by atomic mass is 9.85. The van der Waals surface area contributed by atoms with E-state index in [2.05, 4.69) is 19.2 Å². The topological polar surface area (TPSA) is 12.0 Å². The summed E-state index contributed by atoms with van der Waals surface area (Å²) in [7, 11) is 1.96. The van der Waals surface area contributed by atoms with Gasteiger partial charge in [-0.1, -0.05) is 26.0 Å². The van der Waals surface area contributed by atoms with Crippen LogP contribution in [-0.2, 0) is 6.42 Å². The molecular weight excluding hydrogens is 189 g/mol. The number of halogens is 1. The van der Waals surface area contributed by atoms with Crippen molar-refractivity contribution < 1.29 is 4.39 Å². The van der Waals surface area contributed by atoms with Crippen LogP contribution in [-0.4, -0.2) is 13.6 Å². The smallest absolute Gasteiger partial charge is 0.126 e. The number of aryl methyl sites for hydroxylation is 1. The van der Waals surface area contributed by atoms with Crippen LogP contribution in [0.3, 0.4) is 0 Å². The van der Waals surface area contributed by atoms with E-state index in [0.717, 1.165) is 18.5 Å². The maximum absolute atomic E-state index is 13.1. The summed E-state index contributed by atoms with van der Waals surface area (Å²) in [6, 6.07) is 5.37. The fourth-order valence-electron chi connectivity index (χ4n) is 1.91. The lowest BCUT2D eigenvalue weighted by Crippen LogP contribution is -2.28. The van der Waals surface area contributed by atoms with E-state index in [0.29, 0.717) is 0 Å². The summed E-state index contributed by atoms with van der Waals surface area (Å²) in [4.78, 5) is 0. The summed E-state index contributed by atoms with van der Waals surface area (Å²) in [6.07, 6.45) is 0.967. The van der Waals surface area contributed by atoms with Crippen LogP contribution >= 0.6 is 0 Å². The molecule has 0 saturated heterocycles. The Labute approximate surface area is 91.7 Å². The van der Waals surface area contributed by atoms with E-state index in [-0.39, 0.29) is 11.2 Å². The van der Waals surface area contributed by atoms with Crippen molar-refractivity contribution in [1.29, 1.82) is 0 Å². The largest absolute Gasteiger partial charge is 0.319 e. The Morgan fingerprint density at radius 1 is 1.33 bits per heavy atom. The molecule has 1 nitrogen and oxygen atoms in total. The molecule has 0 bridgehead atoms. The molecule has 1 aromatic carbocycles. The molecule has 0 aliphatic heterocycles. The van der Waals surface area contributed by atoms with Crippen LogP contribution in [0.25, 0.3) is 0 Å². The molecule has 2 heteroatoms. The molecule has 1 aromatic rings. The second kappa shape index (κ2) is 4.75. The van der Waals surface area contributed by atoms with E-state index in [4.69, 9.17) is 0 Å². The Kier molecular flexibility index (Phi) is 3.86. The van der Waals surface area contributed by atoms with Crippen LogP contribution < -0.4 is 5.32 Å². The number of rotatable bonds is 4. The molecule has 0 heterocycles. The highest BCUT2D eigenvalue weighted by atomic mass is 19.1. The van der Waals surface area contributed by atoms with E-state index in [9.17, 15) is 4.39 Å². The molecule has 0 atom stereocenters. The minimum absolute atomic E-state index is 0.120. The SMILES string of the molecule is CNCC(C)(C)Cc1ccc(F)c(C)c1. The highest BCUT2D eigenvalue weighted by Crippen LogP contribution is 2.22. The Morgan fingerprint density at radius 2 is 2.00 bits per heavy atom. The molecule has 0 aliphatic rings. The third-order valence-corrected chi connectivity index (χ3v) is 2.56. The van der Waals surface area contributed by atoms with Gasteiger partial charge in [0, 0.05) is 6.54 Å². The number of benzene rings is 1. The second-order valence-electron chi connectivity index (χ2n) is 4.95. The van der Waals surface area contributed by atoms with Crippen molar-refractivity contribution in [3.8, 4) is 0 Å². The lowest BCUT2D eigenvalue weighted by Gasteiger charge is -2.24.